The first-order valence-electron chi connectivity index (χ1n) is 5.75. The van der Waals surface area contributed by atoms with Crippen molar-refractivity contribution in [3.8, 4) is 0 Å². The number of benzene rings is 1. The van der Waals surface area contributed by atoms with Gasteiger partial charge in [-0.1, -0.05) is 6.07 Å². The molecular weight excluding hydrogens is 240 g/mol. The Bertz CT molecular complexity index is 421. The fourth-order valence-corrected chi connectivity index (χ4v) is 1.91. The first-order chi connectivity index (χ1) is 8.41. The maximum Gasteiger partial charge on any atom is 0.303 e. The number of halogens is 2. The quantitative estimate of drug-likeness (QED) is 0.852. The molecule has 1 rings (SSSR count). The summed E-state index contributed by atoms with van der Waals surface area (Å²) < 4.78 is 26.5. The summed E-state index contributed by atoms with van der Waals surface area (Å²) in [6.07, 6.45) is 1.02. The molecule has 1 aromatic carbocycles. The van der Waals surface area contributed by atoms with Crippen molar-refractivity contribution in [1.29, 1.82) is 0 Å². The van der Waals surface area contributed by atoms with E-state index in [0.717, 1.165) is 6.07 Å². The lowest BCUT2D eigenvalue weighted by atomic mass is 9.99. The minimum absolute atomic E-state index is 0.0488. The fraction of sp³-hybridized carbons (Fsp3) is 0.462. The Labute approximate surface area is 105 Å². The number of hydrogen-bond acceptors (Lipinski definition) is 2. The summed E-state index contributed by atoms with van der Waals surface area (Å²) in [7, 11) is 3.57. The summed E-state index contributed by atoms with van der Waals surface area (Å²) in [5.74, 6) is -2.07. The molecule has 1 N–H and O–H groups in total. The van der Waals surface area contributed by atoms with E-state index >= 15 is 0 Å². The minimum Gasteiger partial charge on any atom is -0.481 e. The number of carboxylic acids is 1. The van der Waals surface area contributed by atoms with Gasteiger partial charge in [-0.15, -0.1) is 0 Å². The van der Waals surface area contributed by atoms with E-state index in [-0.39, 0.29) is 12.5 Å². The lowest BCUT2D eigenvalue weighted by Gasteiger charge is -2.25. The average Bonchev–Trinajstić information content (AvgIpc) is 2.25. The molecule has 0 aliphatic heterocycles. The van der Waals surface area contributed by atoms with E-state index in [4.69, 9.17) is 5.11 Å². The smallest absolute Gasteiger partial charge is 0.303 e. The highest BCUT2D eigenvalue weighted by Gasteiger charge is 2.18. The van der Waals surface area contributed by atoms with Gasteiger partial charge in [0.15, 0.2) is 0 Å². The SMILES string of the molecule is CN(C)C(CCCC(=O)O)c1ccc(F)cc1F. The standard InChI is InChI=1S/C13H17F2NO2/c1-16(2)12(4-3-5-13(17)18)10-7-6-9(14)8-11(10)15/h6-8,12H,3-5H2,1-2H3,(H,17,18). The summed E-state index contributed by atoms with van der Waals surface area (Å²) in [6, 6.07) is 3.23. The number of hydrogen-bond donors (Lipinski definition) is 1. The van der Waals surface area contributed by atoms with Crippen LogP contribution in [-0.4, -0.2) is 30.1 Å². The summed E-state index contributed by atoms with van der Waals surface area (Å²) >= 11 is 0. The Morgan fingerprint density at radius 1 is 1.39 bits per heavy atom. The Balaban J connectivity index is 2.80. The first-order valence-corrected chi connectivity index (χ1v) is 5.75. The van der Waals surface area contributed by atoms with Gasteiger partial charge in [0.25, 0.3) is 0 Å². The Hall–Kier alpha value is -1.49. The maximum absolute atomic E-state index is 13.7. The van der Waals surface area contributed by atoms with Crippen LogP contribution in [0.4, 0.5) is 8.78 Å². The summed E-state index contributed by atoms with van der Waals surface area (Å²) in [6.45, 7) is 0. The lowest BCUT2D eigenvalue weighted by molar-refractivity contribution is -0.137. The third-order valence-electron chi connectivity index (χ3n) is 2.81. The van der Waals surface area contributed by atoms with Crippen molar-refractivity contribution in [1.82, 2.24) is 4.90 Å². The van der Waals surface area contributed by atoms with E-state index in [2.05, 4.69) is 0 Å². The number of nitrogens with zero attached hydrogens (tertiary/aromatic N) is 1. The maximum atomic E-state index is 13.7. The zero-order chi connectivity index (χ0) is 13.7. The number of carboxylic acid groups (broad SMARTS) is 1. The van der Waals surface area contributed by atoms with Crippen molar-refractivity contribution in [2.75, 3.05) is 14.1 Å². The number of aliphatic carboxylic acids is 1. The molecule has 0 heterocycles. The van der Waals surface area contributed by atoms with Gasteiger partial charge in [-0.2, -0.15) is 0 Å². The first kappa shape index (κ1) is 14.6. The highest BCUT2D eigenvalue weighted by atomic mass is 19.1. The summed E-state index contributed by atoms with van der Waals surface area (Å²) in [5, 5.41) is 8.59. The van der Waals surface area contributed by atoms with Crippen LogP contribution in [0.1, 0.15) is 30.9 Å². The van der Waals surface area contributed by atoms with Crippen LogP contribution in [-0.2, 0) is 4.79 Å². The van der Waals surface area contributed by atoms with E-state index in [1.54, 1.807) is 19.0 Å². The average molecular weight is 257 g/mol. The largest absolute Gasteiger partial charge is 0.481 e. The molecule has 1 atom stereocenters. The summed E-state index contributed by atoms with van der Waals surface area (Å²) in [4.78, 5) is 12.3. The molecule has 0 fully saturated rings. The number of rotatable bonds is 6. The topological polar surface area (TPSA) is 40.5 Å². The normalized spacial score (nSPS) is 12.7. The minimum atomic E-state index is -0.868. The molecular formula is C13H17F2NO2. The molecule has 0 saturated heterocycles. The van der Waals surface area contributed by atoms with Crippen LogP contribution in [0.2, 0.25) is 0 Å². The van der Waals surface area contributed by atoms with Crippen LogP contribution >= 0.6 is 0 Å². The van der Waals surface area contributed by atoms with Gasteiger partial charge < -0.3 is 10.0 Å². The van der Waals surface area contributed by atoms with Crippen molar-refractivity contribution in [2.24, 2.45) is 0 Å². The fourth-order valence-electron chi connectivity index (χ4n) is 1.91. The predicted octanol–water partition coefficient (Wildman–Crippen LogP) is 2.82. The van der Waals surface area contributed by atoms with E-state index in [9.17, 15) is 13.6 Å². The van der Waals surface area contributed by atoms with Crippen molar-refractivity contribution in [3.05, 3.63) is 35.4 Å². The van der Waals surface area contributed by atoms with E-state index in [1.165, 1.54) is 12.1 Å². The highest BCUT2D eigenvalue weighted by molar-refractivity contribution is 5.66. The third-order valence-corrected chi connectivity index (χ3v) is 2.81. The van der Waals surface area contributed by atoms with E-state index in [1.807, 2.05) is 0 Å². The molecule has 0 aromatic heterocycles. The molecule has 0 saturated carbocycles. The van der Waals surface area contributed by atoms with Crippen molar-refractivity contribution >= 4 is 5.97 Å². The van der Waals surface area contributed by atoms with Crippen LogP contribution < -0.4 is 0 Å². The second-order valence-corrected chi connectivity index (χ2v) is 4.43. The van der Waals surface area contributed by atoms with E-state index < -0.39 is 17.6 Å². The molecule has 0 amide bonds. The van der Waals surface area contributed by atoms with Crippen LogP contribution in [0, 0.1) is 11.6 Å². The molecule has 0 spiro atoms. The van der Waals surface area contributed by atoms with Gasteiger partial charge in [-0.05, 0) is 33.0 Å². The van der Waals surface area contributed by atoms with Crippen molar-refractivity contribution < 1.29 is 18.7 Å². The Morgan fingerprint density at radius 2 is 2.06 bits per heavy atom. The van der Waals surface area contributed by atoms with Crippen molar-refractivity contribution in [3.63, 3.8) is 0 Å². The lowest BCUT2D eigenvalue weighted by Crippen LogP contribution is -2.21. The van der Waals surface area contributed by atoms with Gasteiger partial charge in [0.05, 0.1) is 0 Å². The molecule has 0 aliphatic carbocycles. The zero-order valence-electron chi connectivity index (χ0n) is 10.5. The molecule has 0 aliphatic rings. The molecule has 3 nitrogen and oxygen atoms in total. The molecule has 1 unspecified atom stereocenters. The van der Waals surface area contributed by atoms with Crippen LogP contribution in [0.25, 0.3) is 0 Å². The molecule has 0 bridgehead atoms. The Kier molecular flexibility index (Phi) is 5.22. The van der Waals surface area contributed by atoms with E-state index in [0.29, 0.717) is 18.4 Å². The van der Waals surface area contributed by atoms with Gasteiger partial charge in [0, 0.05) is 24.1 Å². The van der Waals surface area contributed by atoms with Gasteiger partial charge in [0.1, 0.15) is 11.6 Å². The number of carbonyl (C=O) groups is 1. The van der Waals surface area contributed by atoms with Crippen LogP contribution in [0.15, 0.2) is 18.2 Å². The molecule has 1 aromatic rings. The summed E-state index contributed by atoms with van der Waals surface area (Å²) in [5.41, 5.74) is 0.395. The molecule has 100 valence electrons. The van der Waals surface area contributed by atoms with Gasteiger partial charge in [-0.3, -0.25) is 4.79 Å². The van der Waals surface area contributed by atoms with Gasteiger partial charge in [0.2, 0.25) is 0 Å². The van der Waals surface area contributed by atoms with Gasteiger partial charge in [-0.25, -0.2) is 8.78 Å². The molecule has 0 radical (unpaired) electrons. The van der Waals surface area contributed by atoms with Crippen molar-refractivity contribution in [2.45, 2.75) is 25.3 Å². The highest BCUT2D eigenvalue weighted by Crippen LogP contribution is 2.26. The molecule has 5 heteroatoms. The second kappa shape index (κ2) is 6.44. The predicted molar refractivity (Wildman–Crippen MR) is 64.3 cm³/mol. The van der Waals surface area contributed by atoms with Gasteiger partial charge >= 0.3 is 5.97 Å². The van der Waals surface area contributed by atoms with Crippen LogP contribution in [0.5, 0.6) is 0 Å². The second-order valence-electron chi connectivity index (χ2n) is 4.43. The third kappa shape index (κ3) is 4.07. The Morgan fingerprint density at radius 3 is 2.56 bits per heavy atom. The van der Waals surface area contributed by atoms with Crippen LogP contribution in [0.3, 0.4) is 0 Å². The zero-order valence-corrected chi connectivity index (χ0v) is 10.5. The molecule has 18 heavy (non-hydrogen) atoms. The monoisotopic (exact) mass is 257 g/mol.